The van der Waals surface area contributed by atoms with E-state index in [-0.39, 0.29) is 43.0 Å². The average Bonchev–Trinajstić information content (AvgIpc) is 4.06. The number of anilines is 3. The van der Waals surface area contributed by atoms with E-state index >= 15 is 0 Å². The first kappa shape index (κ1) is 48.0. The van der Waals surface area contributed by atoms with Crippen LogP contribution in [0.15, 0.2) is 54.7 Å². The molecule has 4 saturated heterocycles. The van der Waals surface area contributed by atoms with Crippen LogP contribution < -0.4 is 25.6 Å². The number of carbonyl (C=O) groups excluding carboxylic acids is 2. The van der Waals surface area contributed by atoms with E-state index in [0.717, 1.165) is 109 Å². The Kier molecular flexibility index (Phi) is 13.2. The van der Waals surface area contributed by atoms with Crippen molar-refractivity contribution >= 4 is 39.8 Å². The number of ether oxygens (including phenoxy) is 2. The van der Waals surface area contributed by atoms with Gasteiger partial charge in [0, 0.05) is 125 Å². The highest BCUT2D eigenvalue weighted by Crippen LogP contribution is 2.44. The molecule has 2 aromatic carbocycles. The fourth-order valence-corrected chi connectivity index (χ4v) is 12.5. The number of fused-ring (bicyclic) bond motifs is 9. The number of morpholine rings is 1. The second-order valence-electron chi connectivity index (χ2n) is 21.9. The van der Waals surface area contributed by atoms with Crippen molar-refractivity contribution in [1.82, 2.24) is 35.2 Å². The zero-order valence-electron chi connectivity index (χ0n) is 42.6. The van der Waals surface area contributed by atoms with Crippen molar-refractivity contribution in [3.8, 4) is 11.3 Å². The molecule has 1 aliphatic carbocycles. The van der Waals surface area contributed by atoms with Gasteiger partial charge in [-0.05, 0) is 87.4 Å². The maximum absolute atomic E-state index is 14.9. The number of piperazine rings is 1. The number of para-hydroxylation sites is 1. The predicted molar refractivity (Wildman–Crippen MR) is 274 cm³/mol. The van der Waals surface area contributed by atoms with Crippen LogP contribution in [0.3, 0.4) is 0 Å². The first-order valence-corrected chi connectivity index (χ1v) is 26.5. The van der Waals surface area contributed by atoms with Crippen molar-refractivity contribution < 1.29 is 28.8 Å². The Morgan fingerprint density at radius 2 is 1.80 bits per heavy atom. The highest BCUT2D eigenvalue weighted by Gasteiger charge is 2.46. The third-order valence-electron chi connectivity index (χ3n) is 16.5. The van der Waals surface area contributed by atoms with E-state index < -0.39 is 23.7 Å². The highest BCUT2D eigenvalue weighted by molar-refractivity contribution is 5.95. The van der Waals surface area contributed by atoms with Crippen LogP contribution in [0.25, 0.3) is 22.2 Å². The lowest BCUT2D eigenvalue weighted by Crippen LogP contribution is -2.63. The van der Waals surface area contributed by atoms with Crippen LogP contribution in [0.2, 0.25) is 0 Å². The summed E-state index contributed by atoms with van der Waals surface area (Å²) in [6, 6.07) is 16.8. The van der Waals surface area contributed by atoms with E-state index in [1.54, 1.807) is 7.11 Å². The molecule has 7 aliphatic rings. The molecule has 71 heavy (non-hydrogen) atoms. The Morgan fingerprint density at radius 1 is 0.986 bits per heavy atom. The summed E-state index contributed by atoms with van der Waals surface area (Å²) in [6.45, 7) is 19.3. The highest BCUT2D eigenvalue weighted by atomic mass is 16.8. The molecule has 2 amide bonds. The Balaban J connectivity index is 0.963. The first-order valence-electron chi connectivity index (χ1n) is 26.5. The molecule has 6 atom stereocenters. The predicted octanol–water partition coefficient (Wildman–Crippen LogP) is 6.15. The second-order valence-corrected chi connectivity index (χ2v) is 21.9. The monoisotopic (exact) mass is 973 g/mol. The summed E-state index contributed by atoms with van der Waals surface area (Å²) in [5.74, 6) is -0.581. The maximum Gasteiger partial charge on any atom is 0.326 e. The number of methoxy groups -OCH3 is 1. The van der Waals surface area contributed by atoms with Crippen molar-refractivity contribution in [1.29, 1.82) is 0 Å². The molecule has 11 rings (SSSR count). The Morgan fingerprint density at radius 3 is 2.59 bits per heavy atom. The van der Waals surface area contributed by atoms with E-state index in [1.807, 2.05) is 12.3 Å². The molecule has 17 nitrogen and oxygen atoms in total. The number of hydrazine groups is 2. The zero-order chi connectivity index (χ0) is 49.1. The smallest absolute Gasteiger partial charge is 0.326 e. The van der Waals surface area contributed by atoms with Gasteiger partial charge in [0.1, 0.15) is 12.1 Å². The van der Waals surface area contributed by atoms with E-state index in [9.17, 15) is 14.5 Å². The summed E-state index contributed by atoms with van der Waals surface area (Å²) in [5.41, 5.74) is 12.5. The second kappa shape index (κ2) is 19.6. The number of aromatic nitrogens is 2. The molecular formula is C54H74N11O6+. The number of carbonyl (C=O) groups is 2. The van der Waals surface area contributed by atoms with Crippen molar-refractivity contribution in [3.05, 3.63) is 76.5 Å². The topological polar surface area (TPSA) is 143 Å². The molecule has 17 heteroatoms. The molecule has 8 heterocycles. The fourth-order valence-electron chi connectivity index (χ4n) is 12.5. The van der Waals surface area contributed by atoms with Crippen molar-refractivity contribution in [2.75, 3.05) is 94.0 Å². The first-order chi connectivity index (χ1) is 34.4. The molecule has 0 radical (unpaired) electrons. The number of amides is 2. The minimum absolute atomic E-state index is 0.102. The number of hydrogen-bond acceptors (Lipinski definition) is 13. The van der Waals surface area contributed by atoms with Gasteiger partial charge in [0.05, 0.1) is 52.7 Å². The van der Waals surface area contributed by atoms with Crippen LogP contribution in [-0.4, -0.2) is 151 Å². The van der Waals surface area contributed by atoms with Gasteiger partial charge in [0.15, 0.2) is 6.61 Å². The van der Waals surface area contributed by atoms with Crippen LogP contribution >= 0.6 is 0 Å². The number of rotatable bonds is 8. The van der Waals surface area contributed by atoms with Gasteiger partial charge in [-0.2, -0.15) is 5.43 Å². The van der Waals surface area contributed by atoms with Gasteiger partial charge in [-0.25, -0.2) is 9.85 Å². The van der Waals surface area contributed by atoms with Crippen molar-refractivity contribution in [2.24, 2.45) is 5.41 Å². The third kappa shape index (κ3) is 9.25. The lowest BCUT2D eigenvalue weighted by Gasteiger charge is -2.45. The summed E-state index contributed by atoms with van der Waals surface area (Å²) >= 11 is 0. The van der Waals surface area contributed by atoms with E-state index in [4.69, 9.17) is 19.3 Å². The van der Waals surface area contributed by atoms with E-state index in [2.05, 4.69) is 117 Å². The normalized spacial score (nSPS) is 27.0. The van der Waals surface area contributed by atoms with Gasteiger partial charge in [-0.15, -0.1) is 0 Å². The lowest BCUT2D eigenvalue weighted by atomic mass is 9.84. The molecular weight excluding hydrogens is 899 g/mol. The van der Waals surface area contributed by atoms with Gasteiger partial charge in [0.2, 0.25) is 10.8 Å². The molecule has 0 spiro atoms. The van der Waals surface area contributed by atoms with Gasteiger partial charge in [-0.3, -0.25) is 24.5 Å². The minimum Gasteiger partial charge on any atom is -0.375 e. The van der Waals surface area contributed by atoms with Gasteiger partial charge in [0.25, 0.3) is 5.91 Å². The molecule has 1 saturated carbocycles. The summed E-state index contributed by atoms with van der Waals surface area (Å²) < 4.78 is 15.0. The number of pyridine rings is 1. The van der Waals surface area contributed by atoms with Gasteiger partial charge in [-0.1, -0.05) is 39.0 Å². The summed E-state index contributed by atoms with van der Waals surface area (Å²) in [7, 11) is 1.75. The maximum atomic E-state index is 14.9. The molecule has 2 aromatic heterocycles. The number of benzene rings is 2. The quantitative estimate of drug-likeness (QED) is 0.209. The number of nitrogens with zero attached hydrogens (tertiary/aromatic N) is 9. The lowest BCUT2D eigenvalue weighted by molar-refractivity contribution is -0.835. The van der Waals surface area contributed by atoms with Crippen LogP contribution in [0, 0.1) is 10.3 Å². The fraction of sp³-hybridized carbons (Fsp3) is 0.611. The largest absolute Gasteiger partial charge is 0.375 e. The van der Waals surface area contributed by atoms with Crippen LogP contribution in [-0.2, 0) is 36.9 Å². The summed E-state index contributed by atoms with van der Waals surface area (Å²) in [4.78, 5) is 63.3. The molecule has 6 aliphatic heterocycles. The molecule has 1 unspecified atom stereocenters. The van der Waals surface area contributed by atoms with Gasteiger partial charge >= 0.3 is 6.17 Å². The number of nitrogens with one attached hydrogen (secondary N) is 2. The number of hydrogen-bond donors (Lipinski definition) is 2. The van der Waals surface area contributed by atoms with E-state index in [1.165, 1.54) is 23.4 Å². The number of aryl methyl sites for hydroxylation is 1. The third-order valence-corrected chi connectivity index (χ3v) is 16.5. The standard InChI is InChI=1S/C54H73N11O6/c1-7-61-46-18-17-38-28-42(46)44(51(61)43-29-39(32-55-49(43)36(3)69-6)59-24-22-58(23-25-59)37-15-16-37)31-54(4,5)34-71-65(68)48-14-10-19-62(57-48)53(67)45(30-40-33-60(38)26-27-70-40)56-52(66)50-35(2)41-12-8-9-13-47(41)63-20-11-21-64(50)63/h8-9,12-13,17-18,28-29,32,35-37,40,45,48,50,57H,7,10-11,14-16,19-27,30-31,33-34H2,1-6H3/p+1/t35?,36-,40-,45-,48+,50-/m0/s1. The van der Waals surface area contributed by atoms with Gasteiger partial charge < -0.3 is 34.2 Å². The SMILES string of the molecule is CCn1c(-c2cc(N3CCN(C4CC4)CC3)cnc2[C@H](C)OC)c2c3cc(ccc31)N1CCO[C@@H](C[C@H](NC(=O)[C@@H]3C(C)c4ccccc4N4CCCN34)C(=O)N3CCC[C@H](N3)[N+](=O)OCC(C)(C)C2)C1. The zero-order valence-corrected chi connectivity index (χ0v) is 42.6. The van der Waals surface area contributed by atoms with Crippen LogP contribution in [0.4, 0.5) is 17.1 Å². The molecule has 2 N–H and O–H groups in total. The molecule has 5 fully saturated rings. The molecule has 4 aromatic rings. The minimum atomic E-state index is -0.914. The average molecular weight is 973 g/mol. The summed E-state index contributed by atoms with van der Waals surface area (Å²) in [6.07, 6.45) is 6.14. The van der Waals surface area contributed by atoms with Crippen LogP contribution in [0.1, 0.15) is 102 Å². The Labute approximate surface area is 418 Å². The Bertz CT molecular complexity index is 2640. The van der Waals surface area contributed by atoms with E-state index in [0.29, 0.717) is 50.4 Å². The van der Waals surface area contributed by atoms with Crippen molar-refractivity contribution in [2.45, 2.75) is 129 Å². The van der Waals surface area contributed by atoms with Crippen LogP contribution in [0.5, 0.6) is 0 Å². The molecule has 380 valence electrons. The van der Waals surface area contributed by atoms with Crippen molar-refractivity contribution in [3.63, 3.8) is 0 Å². The molecule has 6 bridgehead atoms. The summed E-state index contributed by atoms with van der Waals surface area (Å²) in [5, 5.41) is 10.4. The Hall–Kier alpha value is -5.33.